The Balaban J connectivity index is 2.66. The zero-order chi connectivity index (χ0) is 40.1. The SMILES string of the molecule is CC(=O)[C@H](C)NC(=O)CN(C)C(=O)CCNC(=O)CCCC(=O)N[C@H](C(=O)N[C@@H](CCCNC(N)=O)C(=O)Nc1ccc(COC(=O)S)cc1)C(C)C. The molecule has 0 bridgehead atoms. The molecule has 8 amide bonds. The van der Waals surface area contributed by atoms with E-state index in [9.17, 15) is 43.2 Å². The van der Waals surface area contributed by atoms with E-state index in [4.69, 9.17) is 10.5 Å². The number of likely N-dealkylation sites (N-methyl/N-ethyl adjacent to an activating group) is 1. The van der Waals surface area contributed by atoms with Crippen LogP contribution >= 0.6 is 12.6 Å². The summed E-state index contributed by atoms with van der Waals surface area (Å²) in [5, 5.41) is 14.8. The number of amides is 8. The number of benzene rings is 1. The van der Waals surface area contributed by atoms with Crippen LogP contribution in [0.4, 0.5) is 15.3 Å². The first-order chi connectivity index (χ1) is 24.9. The second-order valence-corrected chi connectivity index (χ2v) is 13.0. The maximum absolute atomic E-state index is 13.4. The van der Waals surface area contributed by atoms with Crippen LogP contribution in [0.5, 0.6) is 0 Å². The predicted molar refractivity (Wildman–Crippen MR) is 197 cm³/mol. The van der Waals surface area contributed by atoms with Crippen LogP contribution in [0.3, 0.4) is 0 Å². The molecule has 0 radical (unpaired) electrons. The molecule has 0 saturated carbocycles. The van der Waals surface area contributed by atoms with Crippen molar-refractivity contribution in [1.82, 2.24) is 31.5 Å². The lowest BCUT2D eigenvalue weighted by atomic mass is 10.0. The smallest absolute Gasteiger partial charge is 0.364 e. The molecule has 0 saturated heterocycles. The number of nitrogens with two attached hydrogens (primary N) is 1. The van der Waals surface area contributed by atoms with Crippen LogP contribution in [0.25, 0.3) is 0 Å². The standard InChI is InChI=1S/C34H52N8O10S/c1-20(2)30(41-27(45)10-6-9-26(44)36-17-15-29(47)42(5)18-28(46)38-21(3)22(4)43)32(49)40-25(8-7-16-37-33(35)50)31(48)39-24-13-11-23(12-14-24)19-52-34(51)53/h11-14,20-21,25,30H,6-10,15-19H2,1-5H3,(H,36,44)(H,38,46)(H,39,48)(H,40,49)(H,41,45)(H,51,53)(H3,35,37,50)/t21-,25-,30-/m0/s1. The lowest BCUT2D eigenvalue weighted by molar-refractivity contribution is -0.135. The average molecular weight is 765 g/mol. The van der Waals surface area contributed by atoms with Gasteiger partial charge in [0.2, 0.25) is 35.4 Å². The second-order valence-electron chi connectivity index (χ2n) is 12.6. The van der Waals surface area contributed by atoms with Gasteiger partial charge in [-0.15, -0.1) is 0 Å². The fourth-order valence-electron chi connectivity index (χ4n) is 4.58. The summed E-state index contributed by atoms with van der Waals surface area (Å²) in [5.41, 5.74) is 6.18. The lowest BCUT2D eigenvalue weighted by Crippen LogP contribution is -2.54. The molecular formula is C34H52N8O10S. The molecule has 0 unspecified atom stereocenters. The van der Waals surface area contributed by atoms with E-state index in [-0.39, 0.29) is 76.0 Å². The Morgan fingerprint density at radius 1 is 0.792 bits per heavy atom. The van der Waals surface area contributed by atoms with E-state index in [0.29, 0.717) is 17.7 Å². The summed E-state index contributed by atoms with van der Waals surface area (Å²) in [6, 6.07) is 2.98. The number of ketones is 1. The molecule has 8 N–H and O–H groups in total. The number of carbonyl (C=O) groups excluding carboxylic acids is 9. The van der Waals surface area contributed by atoms with Crippen LogP contribution in [0.2, 0.25) is 0 Å². The second kappa shape index (κ2) is 24.1. The molecule has 0 spiro atoms. The largest absolute Gasteiger partial charge is 0.453 e. The van der Waals surface area contributed by atoms with E-state index >= 15 is 0 Å². The number of anilines is 1. The molecule has 0 heterocycles. The maximum Gasteiger partial charge on any atom is 0.364 e. The Morgan fingerprint density at radius 3 is 2.02 bits per heavy atom. The van der Waals surface area contributed by atoms with Crippen molar-refractivity contribution >= 4 is 70.9 Å². The summed E-state index contributed by atoms with van der Waals surface area (Å²) in [7, 11) is 1.43. The van der Waals surface area contributed by atoms with E-state index in [1.54, 1.807) is 38.1 Å². The van der Waals surface area contributed by atoms with Gasteiger partial charge in [0, 0.05) is 45.1 Å². The first kappa shape index (κ1) is 45.8. The van der Waals surface area contributed by atoms with Crippen molar-refractivity contribution in [2.75, 3.05) is 32.0 Å². The first-order valence-corrected chi connectivity index (χ1v) is 17.5. The number of thiol groups is 1. The Kier molecular flexibility index (Phi) is 20.9. The normalized spacial score (nSPS) is 12.3. The van der Waals surface area contributed by atoms with Gasteiger partial charge in [-0.25, -0.2) is 9.59 Å². The zero-order valence-corrected chi connectivity index (χ0v) is 31.6. The quantitative estimate of drug-likeness (QED) is 0.0434. The Morgan fingerprint density at radius 2 is 1.43 bits per heavy atom. The van der Waals surface area contributed by atoms with Crippen LogP contribution in [0.15, 0.2) is 24.3 Å². The Bertz CT molecular complexity index is 1460. The third-order valence-corrected chi connectivity index (χ3v) is 7.84. The highest BCUT2D eigenvalue weighted by atomic mass is 32.1. The summed E-state index contributed by atoms with van der Waals surface area (Å²) < 4.78 is 4.83. The molecule has 19 heteroatoms. The number of primary amides is 1. The van der Waals surface area contributed by atoms with Gasteiger partial charge in [0.1, 0.15) is 18.7 Å². The van der Waals surface area contributed by atoms with Gasteiger partial charge in [0.05, 0.1) is 12.6 Å². The molecule has 3 atom stereocenters. The van der Waals surface area contributed by atoms with Crippen molar-refractivity contribution < 1.29 is 47.9 Å². The van der Waals surface area contributed by atoms with Crippen molar-refractivity contribution in [2.45, 2.75) is 91.0 Å². The molecule has 0 aliphatic heterocycles. The van der Waals surface area contributed by atoms with Gasteiger partial charge in [0.25, 0.3) is 0 Å². The number of nitrogens with zero attached hydrogens (tertiary/aromatic N) is 1. The number of Topliss-reactive ketones (excluding diaryl/α,β-unsaturated/α-hetero) is 1. The number of carbonyl (C=O) groups is 9. The maximum atomic E-state index is 13.4. The van der Waals surface area contributed by atoms with Crippen LogP contribution in [0, 0.1) is 5.92 Å². The van der Waals surface area contributed by atoms with Gasteiger partial charge in [-0.05, 0) is 56.7 Å². The van der Waals surface area contributed by atoms with Gasteiger partial charge in [0.15, 0.2) is 5.78 Å². The molecule has 1 aromatic carbocycles. The zero-order valence-electron chi connectivity index (χ0n) is 30.7. The minimum absolute atomic E-state index is 0.00732. The number of urea groups is 1. The highest BCUT2D eigenvalue weighted by Crippen LogP contribution is 2.13. The van der Waals surface area contributed by atoms with E-state index in [2.05, 4.69) is 44.5 Å². The molecule has 0 aliphatic carbocycles. The van der Waals surface area contributed by atoms with Crippen LogP contribution in [0.1, 0.15) is 71.8 Å². The summed E-state index contributed by atoms with van der Waals surface area (Å²) in [6.07, 6.45) is 0.403. The molecule has 53 heavy (non-hydrogen) atoms. The minimum atomic E-state index is -1.05. The lowest BCUT2D eigenvalue weighted by Gasteiger charge is -2.25. The Hall–Kier alpha value is -5.20. The van der Waals surface area contributed by atoms with Crippen molar-refractivity contribution in [3.05, 3.63) is 29.8 Å². The fraction of sp³-hybridized carbons (Fsp3) is 0.559. The van der Waals surface area contributed by atoms with Gasteiger partial charge in [-0.1, -0.05) is 38.6 Å². The Labute approximate surface area is 314 Å². The van der Waals surface area contributed by atoms with Gasteiger partial charge in [-0.3, -0.25) is 33.6 Å². The molecule has 0 fully saturated rings. The van der Waals surface area contributed by atoms with Crippen LogP contribution in [-0.4, -0.2) is 102 Å². The van der Waals surface area contributed by atoms with Gasteiger partial charge < -0.3 is 47.3 Å². The van der Waals surface area contributed by atoms with E-state index in [1.807, 2.05) is 0 Å². The van der Waals surface area contributed by atoms with Crippen molar-refractivity contribution in [3.63, 3.8) is 0 Å². The van der Waals surface area contributed by atoms with Gasteiger partial charge >= 0.3 is 11.3 Å². The number of hydrogen-bond acceptors (Lipinski definition) is 10. The van der Waals surface area contributed by atoms with E-state index < -0.39 is 59.0 Å². The van der Waals surface area contributed by atoms with Crippen LogP contribution in [-0.2, 0) is 44.9 Å². The van der Waals surface area contributed by atoms with Crippen molar-refractivity contribution in [1.29, 1.82) is 0 Å². The highest BCUT2D eigenvalue weighted by molar-refractivity contribution is 7.96. The number of hydrogen-bond donors (Lipinski definition) is 8. The van der Waals surface area contributed by atoms with Gasteiger partial charge in [-0.2, -0.15) is 0 Å². The third-order valence-electron chi connectivity index (χ3n) is 7.71. The van der Waals surface area contributed by atoms with E-state index in [0.717, 1.165) is 0 Å². The summed E-state index contributed by atoms with van der Waals surface area (Å²) >= 11 is 3.55. The van der Waals surface area contributed by atoms with Crippen molar-refractivity contribution in [3.8, 4) is 0 Å². The van der Waals surface area contributed by atoms with Crippen molar-refractivity contribution in [2.24, 2.45) is 11.7 Å². The number of ether oxygens (including phenoxy) is 1. The first-order valence-electron chi connectivity index (χ1n) is 17.1. The third kappa shape index (κ3) is 19.8. The molecule has 294 valence electrons. The highest BCUT2D eigenvalue weighted by Gasteiger charge is 2.29. The van der Waals surface area contributed by atoms with Crippen LogP contribution < -0.4 is 37.6 Å². The molecule has 1 rings (SSSR count). The summed E-state index contributed by atoms with van der Waals surface area (Å²) in [6.45, 7) is 6.23. The number of rotatable bonds is 23. The molecular weight excluding hydrogens is 712 g/mol. The fourth-order valence-corrected chi connectivity index (χ4v) is 4.64. The molecule has 0 aliphatic rings. The summed E-state index contributed by atoms with van der Waals surface area (Å²) in [5.74, 6) is -3.51. The average Bonchev–Trinajstić information content (AvgIpc) is 3.07. The molecule has 1 aromatic rings. The summed E-state index contributed by atoms with van der Waals surface area (Å²) in [4.78, 5) is 110. The minimum Gasteiger partial charge on any atom is -0.453 e. The topological polar surface area (TPSA) is 264 Å². The van der Waals surface area contributed by atoms with E-state index in [1.165, 1.54) is 25.8 Å². The molecule has 0 aromatic heterocycles. The molecule has 18 nitrogen and oxygen atoms in total. The predicted octanol–water partition coefficient (Wildman–Crippen LogP) is 0.494. The monoisotopic (exact) mass is 764 g/mol. The number of nitrogens with one attached hydrogen (secondary N) is 6.